The molecule has 144 valence electrons. The fraction of sp³-hybridized carbons (Fsp3) is 0.227. The molecule has 1 heterocycles. The van der Waals surface area contributed by atoms with Crippen LogP contribution in [-0.2, 0) is 13.0 Å². The monoisotopic (exact) mass is 376 g/mol. The van der Waals surface area contributed by atoms with Gasteiger partial charge in [-0.05, 0) is 36.6 Å². The zero-order valence-corrected chi connectivity index (χ0v) is 16.1. The molecule has 0 aliphatic heterocycles. The van der Waals surface area contributed by atoms with E-state index in [0.717, 1.165) is 23.3 Å². The van der Waals surface area contributed by atoms with Crippen LogP contribution in [0.2, 0.25) is 0 Å². The molecule has 0 unspecified atom stereocenters. The van der Waals surface area contributed by atoms with Crippen molar-refractivity contribution in [1.29, 1.82) is 0 Å². The summed E-state index contributed by atoms with van der Waals surface area (Å²) in [6, 6.07) is 16.1. The number of aromatic nitrogens is 2. The summed E-state index contributed by atoms with van der Waals surface area (Å²) in [6.45, 7) is 3.21. The normalized spacial score (nSPS) is 10.4. The minimum absolute atomic E-state index is 0.187. The average molecular weight is 376 g/mol. The number of hydrogen-bond acceptors (Lipinski definition) is 5. The van der Waals surface area contributed by atoms with Crippen molar-refractivity contribution >= 4 is 11.9 Å². The first-order valence-electron chi connectivity index (χ1n) is 9.16. The molecule has 0 atom stereocenters. The van der Waals surface area contributed by atoms with E-state index in [2.05, 4.69) is 51.8 Å². The van der Waals surface area contributed by atoms with Gasteiger partial charge < -0.3 is 15.4 Å². The Morgan fingerprint density at radius 1 is 1.04 bits per heavy atom. The number of amides is 1. The second-order valence-corrected chi connectivity index (χ2v) is 6.49. The molecule has 2 N–H and O–H groups in total. The average Bonchev–Trinajstić information content (AvgIpc) is 2.74. The van der Waals surface area contributed by atoms with Gasteiger partial charge in [-0.25, -0.2) is 9.97 Å². The van der Waals surface area contributed by atoms with E-state index in [0.29, 0.717) is 24.6 Å². The molecule has 0 aliphatic carbocycles. The van der Waals surface area contributed by atoms with Crippen molar-refractivity contribution in [3.63, 3.8) is 0 Å². The second-order valence-electron chi connectivity index (χ2n) is 6.49. The van der Waals surface area contributed by atoms with E-state index in [1.165, 1.54) is 18.0 Å². The van der Waals surface area contributed by atoms with E-state index < -0.39 is 0 Å². The molecule has 6 nitrogen and oxygen atoms in total. The van der Waals surface area contributed by atoms with Crippen molar-refractivity contribution in [2.24, 2.45) is 0 Å². The van der Waals surface area contributed by atoms with Crippen molar-refractivity contribution in [3.05, 3.63) is 83.2 Å². The van der Waals surface area contributed by atoms with Crippen LogP contribution >= 0.6 is 0 Å². The summed E-state index contributed by atoms with van der Waals surface area (Å²) in [7, 11) is 1.64. The Kier molecular flexibility index (Phi) is 6.57. The molecule has 1 aromatic heterocycles. The lowest BCUT2D eigenvalue weighted by Gasteiger charge is -2.08. The van der Waals surface area contributed by atoms with Crippen LogP contribution in [0.25, 0.3) is 0 Å². The van der Waals surface area contributed by atoms with Gasteiger partial charge in [0.25, 0.3) is 5.91 Å². The fourth-order valence-corrected chi connectivity index (χ4v) is 2.67. The fourth-order valence-electron chi connectivity index (χ4n) is 2.67. The summed E-state index contributed by atoms with van der Waals surface area (Å²) in [5, 5.41) is 6.04. The highest BCUT2D eigenvalue weighted by Gasteiger charge is 2.07. The first-order valence-corrected chi connectivity index (χ1v) is 9.16. The lowest BCUT2D eigenvalue weighted by molar-refractivity contribution is 0.0953. The van der Waals surface area contributed by atoms with Crippen LogP contribution in [0.15, 0.2) is 60.9 Å². The highest BCUT2D eigenvalue weighted by molar-refractivity contribution is 5.93. The van der Waals surface area contributed by atoms with Crippen molar-refractivity contribution in [3.8, 4) is 5.75 Å². The molecule has 1 amide bonds. The number of ether oxygens (including phenoxy) is 1. The maximum Gasteiger partial charge on any atom is 0.254 e. The van der Waals surface area contributed by atoms with Crippen molar-refractivity contribution in [2.75, 3.05) is 19.0 Å². The van der Waals surface area contributed by atoms with Gasteiger partial charge in [0.1, 0.15) is 5.75 Å². The second kappa shape index (κ2) is 9.50. The number of aryl methyl sites for hydroxylation is 1. The number of nitrogens with zero attached hydrogens (tertiary/aromatic N) is 2. The van der Waals surface area contributed by atoms with Gasteiger partial charge in [-0.15, -0.1) is 0 Å². The van der Waals surface area contributed by atoms with Crippen molar-refractivity contribution in [2.45, 2.75) is 19.9 Å². The number of benzene rings is 2. The molecule has 0 spiro atoms. The number of anilines is 1. The van der Waals surface area contributed by atoms with Crippen LogP contribution < -0.4 is 15.4 Å². The van der Waals surface area contributed by atoms with Crippen LogP contribution in [0.5, 0.6) is 5.75 Å². The smallest absolute Gasteiger partial charge is 0.254 e. The number of hydrogen-bond donors (Lipinski definition) is 2. The van der Waals surface area contributed by atoms with Gasteiger partial charge in [-0.3, -0.25) is 4.79 Å². The van der Waals surface area contributed by atoms with Crippen LogP contribution in [-0.4, -0.2) is 29.5 Å². The zero-order chi connectivity index (χ0) is 19.8. The Labute approximate surface area is 165 Å². The predicted octanol–water partition coefficient (Wildman–Crippen LogP) is 3.38. The summed E-state index contributed by atoms with van der Waals surface area (Å²) >= 11 is 0. The first kappa shape index (κ1) is 19.4. The number of methoxy groups -OCH3 is 1. The van der Waals surface area contributed by atoms with Gasteiger partial charge in [0.15, 0.2) is 0 Å². The molecule has 2 aromatic carbocycles. The highest BCUT2D eigenvalue weighted by atomic mass is 16.5. The highest BCUT2D eigenvalue weighted by Crippen LogP contribution is 2.12. The van der Waals surface area contributed by atoms with Gasteiger partial charge in [0.05, 0.1) is 12.7 Å². The largest absolute Gasteiger partial charge is 0.497 e. The van der Waals surface area contributed by atoms with Gasteiger partial charge in [0.2, 0.25) is 5.95 Å². The summed E-state index contributed by atoms with van der Waals surface area (Å²) in [5.41, 5.74) is 3.91. The molecule has 6 heteroatoms. The summed E-state index contributed by atoms with van der Waals surface area (Å²) in [4.78, 5) is 20.7. The van der Waals surface area contributed by atoms with Gasteiger partial charge in [-0.2, -0.15) is 0 Å². The molecule has 3 aromatic rings. The Bertz CT molecular complexity index is 909. The topological polar surface area (TPSA) is 76.1 Å². The standard InChI is InChI=1S/C22H24N4O2/c1-16-6-8-18(9-7-16)13-24-22-25-14-19(15-26-22)21(27)23-11-10-17-4-3-5-20(12-17)28-2/h3-9,12,14-15H,10-11,13H2,1-2H3,(H,23,27)(H,24,25,26). The number of nitrogens with one attached hydrogen (secondary N) is 2. The quantitative estimate of drug-likeness (QED) is 0.630. The van der Waals surface area contributed by atoms with Crippen molar-refractivity contribution in [1.82, 2.24) is 15.3 Å². The third-order valence-corrected chi connectivity index (χ3v) is 4.32. The molecule has 0 saturated carbocycles. The molecule has 0 bridgehead atoms. The number of carbonyl (C=O) groups is 1. The molecule has 28 heavy (non-hydrogen) atoms. The van der Waals surface area contributed by atoms with Crippen LogP contribution in [0.4, 0.5) is 5.95 Å². The van der Waals surface area contributed by atoms with Gasteiger partial charge in [-0.1, -0.05) is 42.0 Å². The Balaban J connectivity index is 1.47. The van der Waals surface area contributed by atoms with E-state index in [1.54, 1.807) is 7.11 Å². The molecule has 0 saturated heterocycles. The number of rotatable bonds is 8. The van der Waals surface area contributed by atoms with E-state index in [9.17, 15) is 4.79 Å². The maximum absolute atomic E-state index is 12.2. The molecular weight excluding hydrogens is 352 g/mol. The number of carbonyl (C=O) groups excluding carboxylic acids is 1. The Morgan fingerprint density at radius 2 is 1.79 bits per heavy atom. The van der Waals surface area contributed by atoms with Gasteiger partial charge >= 0.3 is 0 Å². The SMILES string of the molecule is COc1cccc(CCNC(=O)c2cnc(NCc3ccc(C)cc3)nc2)c1. The summed E-state index contributed by atoms with van der Waals surface area (Å²) in [5.74, 6) is 1.12. The molecule has 0 fully saturated rings. The molecule has 0 radical (unpaired) electrons. The van der Waals surface area contributed by atoms with Crippen LogP contribution in [0.3, 0.4) is 0 Å². The third kappa shape index (κ3) is 5.54. The van der Waals surface area contributed by atoms with E-state index in [1.807, 2.05) is 24.3 Å². The summed E-state index contributed by atoms with van der Waals surface area (Å²) < 4.78 is 5.21. The van der Waals surface area contributed by atoms with E-state index >= 15 is 0 Å². The Morgan fingerprint density at radius 3 is 2.50 bits per heavy atom. The van der Waals surface area contributed by atoms with E-state index in [4.69, 9.17) is 4.74 Å². The Hall–Kier alpha value is -3.41. The minimum Gasteiger partial charge on any atom is -0.497 e. The lowest BCUT2D eigenvalue weighted by atomic mass is 10.1. The molecular formula is C22H24N4O2. The van der Waals surface area contributed by atoms with E-state index in [-0.39, 0.29) is 5.91 Å². The minimum atomic E-state index is -0.187. The predicted molar refractivity (Wildman–Crippen MR) is 110 cm³/mol. The lowest BCUT2D eigenvalue weighted by Crippen LogP contribution is -2.26. The third-order valence-electron chi connectivity index (χ3n) is 4.32. The van der Waals surface area contributed by atoms with Crippen LogP contribution in [0, 0.1) is 6.92 Å². The van der Waals surface area contributed by atoms with Gasteiger partial charge in [0, 0.05) is 25.5 Å². The summed E-state index contributed by atoms with van der Waals surface area (Å²) in [6.07, 6.45) is 3.79. The molecule has 0 aliphatic rings. The van der Waals surface area contributed by atoms with Crippen LogP contribution in [0.1, 0.15) is 27.0 Å². The van der Waals surface area contributed by atoms with Crippen molar-refractivity contribution < 1.29 is 9.53 Å². The maximum atomic E-state index is 12.2. The molecule has 3 rings (SSSR count). The zero-order valence-electron chi connectivity index (χ0n) is 16.1. The first-order chi connectivity index (χ1) is 13.6.